The van der Waals surface area contributed by atoms with E-state index in [1.807, 2.05) is 13.8 Å². The first kappa shape index (κ1) is 22.3. The number of nitrogens with one attached hydrogen (secondary N) is 1. The van der Waals surface area contributed by atoms with E-state index in [4.69, 9.17) is 15.2 Å². The van der Waals surface area contributed by atoms with E-state index in [9.17, 15) is 14.4 Å². The summed E-state index contributed by atoms with van der Waals surface area (Å²) < 4.78 is 10.7. The van der Waals surface area contributed by atoms with Gasteiger partial charge in [0, 0.05) is 4.90 Å². The van der Waals surface area contributed by atoms with E-state index in [1.54, 1.807) is 48.5 Å². The van der Waals surface area contributed by atoms with Crippen LogP contribution in [-0.4, -0.2) is 36.8 Å². The first-order chi connectivity index (χ1) is 13.8. The molecule has 2 aromatic rings. The topological polar surface area (TPSA) is 108 Å². The number of thioether (sulfide) groups is 1. The molecule has 3 N–H and O–H groups in total. The molecule has 0 saturated heterocycles. The molecule has 0 atom stereocenters. The predicted molar refractivity (Wildman–Crippen MR) is 112 cm³/mol. The number of para-hydroxylation sites is 1. The summed E-state index contributed by atoms with van der Waals surface area (Å²) in [5.41, 5.74) is 5.98. The zero-order valence-corrected chi connectivity index (χ0v) is 17.2. The first-order valence-corrected chi connectivity index (χ1v) is 10.0. The van der Waals surface area contributed by atoms with Crippen LogP contribution in [0.15, 0.2) is 53.4 Å². The van der Waals surface area contributed by atoms with Gasteiger partial charge in [0.2, 0.25) is 5.91 Å². The lowest BCUT2D eigenvalue weighted by molar-refractivity contribution is -0.119. The van der Waals surface area contributed by atoms with Crippen molar-refractivity contribution >= 4 is 35.2 Å². The fraction of sp³-hybridized carbons (Fsp3) is 0.286. The number of primary amides is 1. The number of rotatable bonds is 10. The number of nitrogens with two attached hydrogens (primary N) is 1. The van der Waals surface area contributed by atoms with Crippen LogP contribution < -0.4 is 15.8 Å². The SMILES string of the molecule is CC(C)COc1cccc(C(=O)OCC(=O)Nc2ccccc2SCC(N)=O)c1. The van der Waals surface area contributed by atoms with Crippen molar-refractivity contribution in [3.63, 3.8) is 0 Å². The number of esters is 1. The minimum Gasteiger partial charge on any atom is -0.493 e. The van der Waals surface area contributed by atoms with E-state index in [-0.39, 0.29) is 5.75 Å². The van der Waals surface area contributed by atoms with Crippen LogP contribution in [0.25, 0.3) is 0 Å². The molecule has 0 aliphatic carbocycles. The summed E-state index contributed by atoms with van der Waals surface area (Å²) in [4.78, 5) is 36.1. The number of ether oxygens (including phenoxy) is 2. The first-order valence-electron chi connectivity index (χ1n) is 9.05. The fourth-order valence-electron chi connectivity index (χ4n) is 2.22. The number of amides is 2. The molecule has 0 saturated carbocycles. The maximum Gasteiger partial charge on any atom is 0.338 e. The van der Waals surface area contributed by atoms with E-state index in [0.717, 1.165) is 0 Å². The number of carbonyl (C=O) groups excluding carboxylic acids is 3. The summed E-state index contributed by atoms with van der Waals surface area (Å²) in [7, 11) is 0. The normalized spacial score (nSPS) is 10.4. The van der Waals surface area contributed by atoms with E-state index in [1.165, 1.54) is 11.8 Å². The zero-order chi connectivity index (χ0) is 21.2. The molecule has 0 aliphatic heterocycles. The van der Waals surface area contributed by atoms with Gasteiger partial charge in [0.25, 0.3) is 5.91 Å². The van der Waals surface area contributed by atoms with Crippen molar-refractivity contribution in [2.45, 2.75) is 18.7 Å². The Bertz CT molecular complexity index is 870. The monoisotopic (exact) mass is 416 g/mol. The molecule has 0 aromatic heterocycles. The van der Waals surface area contributed by atoms with Crippen molar-refractivity contribution < 1.29 is 23.9 Å². The third kappa shape index (κ3) is 7.87. The standard InChI is InChI=1S/C21H24N2O5S/c1-14(2)11-27-16-7-5-6-15(10-16)21(26)28-12-20(25)23-17-8-3-4-9-18(17)29-13-19(22)24/h3-10,14H,11-13H2,1-2H3,(H2,22,24)(H,23,25). The highest BCUT2D eigenvalue weighted by atomic mass is 32.2. The quantitative estimate of drug-likeness (QED) is 0.455. The second kappa shape index (κ2) is 11.1. The van der Waals surface area contributed by atoms with Gasteiger partial charge in [-0.3, -0.25) is 9.59 Å². The summed E-state index contributed by atoms with van der Waals surface area (Å²) in [5.74, 6) is -0.540. The molecule has 0 spiro atoms. The maximum absolute atomic E-state index is 12.2. The summed E-state index contributed by atoms with van der Waals surface area (Å²) in [5, 5.41) is 2.67. The molecular weight excluding hydrogens is 392 g/mol. The lowest BCUT2D eigenvalue weighted by Crippen LogP contribution is -2.21. The Balaban J connectivity index is 1.90. The molecule has 0 heterocycles. The van der Waals surface area contributed by atoms with Crippen molar-refractivity contribution in [3.05, 3.63) is 54.1 Å². The second-order valence-corrected chi connectivity index (χ2v) is 7.63. The molecule has 154 valence electrons. The highest BCUT2D eigenvalue weighted by Gasteiger charge is 2.13. The average molecular weight is 416 g/mol. The zero-order valence-electron chi connectivity index (χ0n) is 16.3. The number of anilines is 1. The van der Waals surface area contributed by atoms with Crippen LogP contribution in [0.2, 0.25) is 0 Å². The van der Waals surface area contributed by atoms with Gasteiger partial charge in [0.1, 0.15) is 5.75 Å². The lowest BCUT2D eigenvalue weighted by atomic mass is 10.2. The maximum atomic E-state index is 12.2. The number of carbonyl (C=O) groups is 3. The molecule has 0 radical (unpaired) electrons. The van der Waals surface area contributed by atoms with E-state index in [2.05, 4.69) is 5.32 Å². The lowest BCUT2D eigenvalue weighted by Gasteiger charge is -2.11. The Morgan fingerprint density at radius 3 is 2.59 bits per heavy atom. The van der Waals surface area contributed by atoms with Crippen LogP contribution >= 0.6 is 11.8 Å². The number of hydrogen-bond acceptors (Lipinski definition) is 6. The summed E-state index contributed by atoms with van der Waals surface area (Å²) >= 11 is 1.22. The second-order valence-electron chi connectivity index (χ2n) is 6.61. The Morgan fingerprint density at radius 1 is 1.10 bits per heavy atom. The summed E-state index contributed by atoms with van der Waals surface area (Å²) in [6, 6.07) is 13.6. The molecule has 29 heavy (non-hydrogen) atoms. The van der Waals surface area contributed by atoms with E-state index in [0.29, 0.717) is 34.4 Å². The van der Waals surface area contributed by atoms with Crippen molar-refractivity contribution in [1.29, 1.82) is 0 Å². The van der Waals surface area contributed by atoms with E-state index < -0.39 is 24.4 Å². The molecule has 2 rings (SSSR count). The molecule has 0 unspecified atom stereocenters. The molecule has 0 fully saturated rings. The van der Waals surface area contributed by atoms with Gasteiger partial charge in [-0.15, -0.1) is 11.8 Å². The number of benzene rings is 2. The van der Waals surface area contributed by atoms with Gasteiger partial charge in [0.15, 0.2) is 6.61 Å². The third-order valence-electron chi connectivity index (χ3n) is 3.52. The van der Waals surface area contributed by atoms with Gasteiger partial charge in [-0.05, 0) is 36.2 Å². The molecule has 2 amide bonds. The Hall–Kier alpha value is -3.00. The van der Waals surface area contributed by atoms with Crippen LogP contribution in [-0.2, 0) is 14.3 Å². The highest BCUT2D eigenvalue weighted by molar-refractivity contribution is 8.00. The molecule has 2 aromatic carbocycles. The van der Waals surface area contributed by atoms with Crippen LogP contribution in [0, 0.1) is 5.92 Å². The van der Waals surface area contributed by atoms with Crippen molar-refractivity contribution in [3.8, 4) is 5.75 Å². The minimum absolute atomic E-state index is 0.0943. The van der Waals surface area contributed by atoms with Crippen molar-refractivity contribution in [2.24, 2.45) is 11.7 Å². The molecule has 8 heteroatoms. The number of hydrogen-bond donors (Lipinski definition) is 2. The Labute approximate surface area is 173 Å². The average Bonchev–Trinajstić information content (AvgIpc) is 2.70. The van der Waals surface area contributed by atoms with Gasteiger partial charge in [-0.1, -0.05) is 32.0 Å². The van der Waals surface area contributed by atoms with Crippen LogP contribution in [0.4, 0.5) is 5.69 Å². The highest BCUT2D eigenvalue weighted by Crippen LogP contribution is 2.26. The van der Waals surface area contributed by atoms with Gasteiger partial charge in [0.05, 0.1) is 23.6 Å². The minimum atomic E-state index is -0.619. The smallest absolute Gasteiger partial charge is 0.338 e. The van der Waals surface area contributed by atoms with Gasteiger partial charge >= 0.3 is 5.97 Å². The van der Waals surface area contributed by atoms with Gasteiger partial charge in [-0.2, -0.15) is 0 Å². The van der Waals surface area contributed by atoms with Crippen LogP contribution in [0.5, 0.6) is 5.75 Å². The summed E-state index contributed by atoms with van der Waals surface area (Å²) in [6.45, 7) is 4.15. The molecule has 0 bridgehead atoms. The van der Waals surface area contributed by atoms with Gasteiger partial charge < -0.3 is 20.5 Å². The van der Waals surface area contributed by atoms with Crippen LogP contribution in [0.1, 0.15) is 24.2 Å². The largest absolute Gasteiger partial charge is 0.493 e. The van der Waals surface area contributed by atoms with Crippen LogP contribution in [0.3, 0.4) is 0 Å². The van der Waals surface area contributed by atoms with Crippen molar-refractivity contribution in [2.75, 3.05) is 24.3 Å². The predicted octanol–water partition coefficient (Wildman–Crippen LogP) is 3.09. The molecule has 7 nitrogen and oxygen atoms in total. The van der Waals surface area contributed by atoms with E-state index >= 15 is 0 Å². The Kier molecular flexibility index (Phi) is 8.54. The van der Waals surface area contributed by atoms with Gasteiger partial charge in [-0.25, -0.2) is 4.79 Å². The Morgan fingerprint density at radius 2 is 1.86 bits per heavy atom. The third-order valence-corrected chi connectivity index (χ3v) is 4.61. The molecular formula is C21H24N2O5S. The summed E-state index contributed by atoms with van der Waals surface area (Å²) in [6.07, 6.45) is 0. The fourth-order valence-corrected chi connectivity index (χ4v) is 2.97. The van der Waals surface area contributed by atoms with Crippen molar-refractivity contribution in [1.82, 2.24) is 0 Å². The molecule has 0 aliphatic rings.